The van der Waals surface area contributed by atoms with E-state index in [9.17, 15) is 23.1 Å². The van der Waals surface area contributed by atoms with Crippen LogP contribution < -0.4 is 10.3 Å². The Kier molecular flexibility index (Phi) is 5.53. The van der Waals surface area contributed by atoms with E-state index in [-0.39, 0.29) is 46.6 Å². The summed E-state index contributed by atoms with van der Waals surface area (Å²) in [6.45, 7) is 5.31. The maximum Gasteiger partial charge on any atom is 0.450 e. The number of alkyl halides is 3. The molecule has 31 heavy (non-hydrogen) atoms. The van der Waals surface area contributed by atoms with E-state index in [0.29, 0.717) is 13.1 Å². The lowest BCUT2D eigenvalue weighted by Crippen LogP contribution is -3.14. The maximum atomic E-state index is 13.9. The third kappa shape index (κ3) is 4.18. The lowest BCUT2D eigenvalue weighted by Gasteiger charge is -2.32. The van der Waals surface area contributed by atoms with Gasteiger partial charge in [-0.2, -0.15) is 13.2 Å². The largest absolute Gasteiger partial charge is 0.507 e. The van der Waals surface area contributed by atoms with Crippen LogP contribution in [0.2, 0.25) is 0 Å². The summed E-state index contributed by atoms with van der Waals surface area (Å²) in [6.07, 6.45) is -4.94. The minimum absolute atomic E-state index is 0.00779. The monoisotopic (exact) mass is 434 g/mol. The number of hydrogen-bond donors (Lipinski definition) is 2. The third-order valence-electron chi connectivity index (χ3n) is 5.50. The third-order valence-corrected chi connectivity index (χ3v) is 5.50. The Hall–Kier alpha value is -2.84. The van der Waals surface area contributed by atoms with Crippen LogP contribution in [0.5, 0.6) is 5.75 Å². The zero-order chi connectivity index (χ0) is 22.3. The van der Waals surface area contributed by atoms with Crippen molar-refractivity contribution in [2.24, 2.45) is 0 Å². The smallest absolute Gasteiger partial charge is 0.450 e. The highest BCUT2D eigenvalue weighted by Gasteiger charge is 2.40. The Morgan fingerprint density at radius 2 is 1.71 bits per heavy atom. The maximum absolute atomic E-state index is 13.9. The molecule has 3 aromatic rings. The van der Waals surface area contributed by atoms with Gasteiger partial charge in [0.15, 0.2) is 5.58 Å². The molecule has 0 saturated carbocycles. The van der Waals surface area contributed by atoms with Gasteiger partial charge >= 0.3 is 6.18 Å². The highest BCUT2D eigenvalue weighted by molar-refractivity contribution is 5.86. The number of rotatable bonds is 3. The van der Waals surface area contributed by atoms with Crippen LogP contribution in [0.25, 0.3) is 22.1 Å². The molecule has 1 aliphatic heterocycles. The summed E-state index contributed by atoms with van der Waals surface area (Å²) in [6, 6.07) is 10.3. The number of phenols is 1. The van der Waals surface area contributed by atoms with E-state index in [1.165, 1.54) is 24.3 Å². The highest BCUT2D eigenvalue weighted by atomic mass is 19.4. The van der Waals surface area contributed by atoms with Crippen LogP contribution >= 0.6 is 0 Å². The van der Waals surface area contributed by atoms with Gasteiger partial charge in [0.2, 0.25) is 11.2 Å². The van der Waals surface area contributed by atoms with Gasteiger partial charge in [0.25, 0.3) is 0 Å². The predicted octanol–water partition coefficient (Wildman–Crippen LogP) is 3.38. The van der Waals surface area contributed by atoms with Crippen LogP contribution in [0, 0.1) is 0 Å². The van der Waals surface area contributed by atoms with E-state index in [0.717, 1.165) is 4.90 Å². The van der Waals surface area contributed by atoms with Crippen molar-refractivity contribution in [3.63, 3.8) is 0 Å². The number of morpholine rings is 1. The van der Waals surface area contributed by atoms with Gasteiger partial charge in [0.05, 0.1) is 16.5 Å². The molecule has 4 rings (SSSR count). The Labute approximate surface area is 176 Å². The molecule has 0 unspecified atom stereocenters. The quantitative estimate of drug-likeness (QED) is 0.664. The molecule has 1 aliphatic rings. The molecular weight excluding hydrogens is 411 g/mol. The number of fused-ring (bicyclic) bond motifs is 1. The molecule has 2 N–H and O–H groups in total. The van der Waals surface area contributed by atoms with Crippen LogP contribution in [0.15, 0.2) is 51.7 Å². The van der Waals surface area contributed by atoms with Crippen LogP contribution in [0.1, 0.15) is 25.2 Å². The number of ether oxygens (including phenoxy) is 1. The summed E-state index contributed by atoms with van der Waals surface area (Å²) in [5.41, 5.74) is -1.22. The average Bonchev–Trinajstić information content (AvgIpc) is 2.69. The van der Waals surface area contributed by atoms with Gasteiger partial charge in [-0.1, -0.05) is 30.3 Å². The summed E-state index contributed by atoms with van der Waals surface area (Å²) in [7, 11) is 0. The molecule has 1 saturated heterocycles. The van der Waals surface area contributed by atoms with Crippen LogP contribution in [-0.4, -0.2) is 30.4 Å². The number of benzene rings is 2. The Morgan fingerprint density at radius 1 is 1.06 bits per heavy atom. The van der Waals surface area contributed by atoms with Crippen molar-refractivity contribution in [3.8, 4) is 16.9 Å². The molecule has 1 fully saturated rings. The van der Waals surface area contributed by atoms with Crippen molar-refractivity contribution >= 4 is 11.0 Å². The van der Waals surface area contributed by atoms with Gasteiger partial charge in [-0.15, -0.1) is 0 Å². The molecule has 0 amide bonds. The first-order valence-corrected chi connectivity index (χ1v) is 10.1. The first kappa shape index (κ1) is 21.4. The number of phenolic OH excluding ortho intramolecular Hbond substituents is 1. The summed E-state index contributed by atoms with van der Waals surface area (Å²) in [5.74, 6) is -1.56. The van der Waals surface area contributed by atoms with E-state index >= 15 is 0 Å². The number of quaternary nitrogens is 1. The van der Waals surface area contributed by atoms with Gasteiger partial charge < -0.3 is 19.2 Å². The lowest BCUT2D eigenvalue weighted by molar-refractivity contribution is -0.928. The average molecular weight is 434 g/mol. The van der Waals surface area contributed by atoms with Crippen molar-refractivity contribution in [1.82, 2.24) is 0 Å². The van der Waals surface area contributed by atoms with E-state index in [1.807, 2.05) is 13.8 Å². The molecule has 0 aliphatic carbocycles. The lowest BCUT2D eigenvalue weighted by atomic mass is 10.00. The topological polar surface area (TPSA) is 64.1 Å². The molecule has 2 atom stereocenters. The van der Waals surface area contributed by atoms with Gasteiger partial charge in [-0.3, -0.25) is 4.79 Å². The first-order valence-electron chi connectivity index (χ1n) is 10.1. The summed E-state index contributed by atoms with van der Waals surface area (Å²) in [5, 5.41) is 10.5. The zero-order valence-electron chi connectivity index (χ0n) is 17.1. The standard InChI is InChI=1S/C23H22F3NO4/c1-13-10-27(11-14(2)30-13)12-17-18(28)9-8-16-20(29)19(15-6-4-3-5-7-15)22(23(24,25)26)31-21(16)17/h3-9,13-14,28H,10-12H2,1-2H3/p+1/t13-,14-/m1/s1. The van der Waals surface area contributed by atoms with E-state index in [1.54, 1.807) is 18.2 Å². The molecule has 164 valence electrons. The number of aromatic hydroxyl groups is 1. The van der Waals surface area contributed by atoms with Crippen molar-refractivity contribution in [3.05, 3.63) is 64.0 Å². The molecule has 5 nitrogen and oxygen atoms in total. The second-order valence-electron chi connectivity index (χ2n) is 8.03. The summed E-state index contributed by atoms with van der Waals surface area (Å²) < 4.78 is 52.8. The van der Waals surface area contributed by atoms with Crippen molar-refractivity contribution in [2.45, 2.75) is 38.8 Å². The second kappa shape index (κ2) is 8.01. The number of halogens is 3. The minimum atomic E-state index is -4.88. The minimum Gasteiger partial charge on any atom is -0.507 e. The van der Waals surface area contributed by atoms with Crippen molar-refractivity contribution in [1.29, 1.82) is 0 Å². The van der Waals surface area contributed by atoms with Crippen molar-refractivity contribution < 1.29 is 32.3 Å². The Balaban J connectivity index is 1.92. The fourth-order valence-corrected chi connectivity index (χ4v) is 4.32. The second-order valence-corrected chi connectivity index (χ2v) is 8.03. The first-order chi connectivity index (χ1) is 14.6. The van der Waals surface area contributed by atoms with E-state index < -0.39 is 22.9 Å². The van der Waals surface area contributed by atoms with Crippen LogP contribution in [-0.2, 0) is 17.5 Å². The number of nitrogens with one attached hydrogen (secondary N) is 1. The van der Waals surface area contributed by atoms with Crippen LogP contribution in [0.4, 0.5) is 13.2 Å². The van der Waals surface area contributed by atoms with Gasteiger partial charge in [0, 0.05) is 0 Å². The number of hydrogen-bond acceptors (Lipinski definition) is 4. The fraction of sp³-hybridized carbons (Fsp3) is 0.348. The molecule has 0 spiro atoms. The molecular formula is C23H23F3NO4+. The SMILES string of the molecule is C[C@@H]1C[NH+](Cc2c(O)ccc3c(=O)c(-c4ccccc4)c(C(F)(F)F)oc23)C[C@@H](C)O1. The molecule has 0 bridgehead atoms. The molecule has 1 aromatic heterocycles. The fourth-order valence-electron chi connectivity index (χ4n) is 4.32. The van der Waals surface area contributed by atoms with E-state index in [2.05, 4.69) is 0 Å². The van der Waals surface area contributed by atoms with Gasteiger partial charge in [0.1, 0.15) is 37.6 Å². The predicted molar refractivity (Wildman–Crippen MR) is 109 cm³/mol. The highest BCUT2D eigenvalue weighted by Crippen LogP contribution is 2.38. The summed E-state index contributed by atoms with van der Waals surface area (Å²) >= 11 is 0. The molecule has 2 heterocycles. The Morgan fingerprint density at radius 3 is 2.32 bits per heavy atom. The zero-order valence-corrected chi connectivity index (χ0v) is 17.1. The van der Waals surface area contributed by atoms with Gasteiger partial charge in [-0.05, 0) is 31.5 Å². The van der Waals surface area contributed by atoms with E-state index in [4.69, 9.17) is 9.15 Å². The normalized spacial score (nSPS) is 22.0. The summed E-state index contributed by atoms with van der Waals surface area (Å²) in [4.78, 5) is 14.2. The molecule has 8 heteroatoms. The molecule has 0 radical (unpaired) electrons. The Bertz CT molecular complexity index is 1150. The molecule has 2 aromatic carbocycles. The van der Waals surface area contributed by atoms with Crippen LogP contribution in [0.3, 0.4) is 0 Å². The van der Waals surface area contributed by atoms with Crippen molar-refractivity contribution in [2.75, 3.05) is 13.1 Å². The van der Waals surface area contributed by atoms with Gasteiger partial charge in [-0.25, -0.2) is 0 Å².